The van der Waals surface area contributed by atoms with Crippen LogP contribution >= 0.6 is 15.9 Å². The Morgan fingerprint density at radius 3 is 2.76 bits per heavy atom. The molecule has 0 fully saturated rings. The Balaban J connectivity index is 1.49. The van der Waals surface area contributed by atoms with Gasteiger partial charge in [-0.15, -0.1) is 5.10 Å². The fraction of sp³-hybridized carbons (Fsp3) is 0.367. The van der Waals surface area contributed by atoms with E-state index in [1.165, 1.54) is 16.7 Å². The molecule has 0 bridgehead atoms. The van der Waals surface area contributed by atoms with Crippen LogP contribution in [0.5, 0.6) is 5.75 Å². The molecule has 0 spiro atoms. The van der Waals surface area contributed by atoms with Crippen molar-refractivity contribution in [1.82, 2.24) is 19.9 Å². The fourth-order valence-electron chi connectivity index (χ4n) is 5.44. The number of nitrogens with zero attached hydrogens (tertiary/aromatic N) is 4. The molecule has 5 rings (SSSR count). The Hall–Kier alpha value is -3.23. The molecule has 1 N–H and O–H groups in total. The van der Waals surface area contributed by atoms with Crippen molar-refractivity contribution in [2.45, 2.75) is 58.7 Å². The van der Waals surface area contributed by atoms with Gasteiger partial charge in [-0.25, -0.2) is 4.68 Å². The van der Waals surface area contributed by atoms with E-state index in [1.807, 2.05) is 26.1 Å². The van der Waals surface area contributed by atoms with Crippen molar-refractivity contribution in [3.63, 3.8) is 0 Å². The normalized spacial score (nSPS) is 16.6. The summed E-state index contributed by atoms with van der Waals surface area (Å²) in [7, 11) is 1.86. The third-order valence-corrected chi connectivity index (χ3v) is 8.13. The number of carboxylic acid groups (broad SMARTS) is 1. The third-order valence-electron chi connectivity index (χ3n) is 7.64. The molecule has 0 saturated heterocycles. The first kappa shape index (κ1) is 26.4. The van der Waals surface area contributed by atoms with Crippen LogP contribution in [0, 0.1) is 13.8 Å². The molecule has 8 heteroatoms. The van der Waals surface area contributed by atoms with Gasteiger partial charge in [-0.2, -0.15) is 0 Å². The van der Waals surface area contributed by atoms with Gasteiger partial charge in [0.15, 0.2) is 0 Å². The maximum atomic E-state index is 12.0. The molecule has 1 aliphatic rings. The first-order valence-corrected chi connectivity index (χ1v) is 13.8. The molecule has 198 valence electrons. The largest absolute Gasteiger partial charge is 0.489 e. The van der Waals surface area contributed by atoms with Crippen LogP contribution < -0.4 is 4.74 Å². The average molecular weight is 578 g/mol. The van der Waals surface area contributed by atoms with Crippen LogP contribution in [0.1, 0.15) is 59.1 Å². The fourth-order valence-corrected chi connectivity index (χ4v) is 5.78. The van der Waals surface area contributed by atoms with Gasteiger partial charge in [0.25, 0.3) is 0 Å². The summed E-state index contributed by atoms with van der Waals surface area (Å²) in [6.45, 7) is 8.67. The van der Waals surface area contributed by atoms with Crippen LogP contribution in [0.2, 0.25) is 0 Å². The molecule has 2 heterocycles. The number of carbonyl (C=O) groups is 1. The van der Waals surface area contributed by atoms with Crippen LogP contribution in [0.3, 0.4) is 0 Å². The van der Waals surface area contributed by atoms with Gasteiger partial charge in [0.05, 0.1) is 11.9 Å². The predicted octanol–water partition coefficient (Wildman–Crippen LogP) is 6.13. The van der Waals surface area contributed by atoms with E-state index >= 15 is 0 Å². The number of aryl methyl sites for hydroxylation is 3. The summed E-state index contributed by atoms with van der Waals surface area (Å²) >= 11 is 3.57. The molecular weight excluding hydrogens is 544 g/mol. The summed E-state index contributed by atoms with van der Waals surface area (Å²) in [5.74, 6) is -0.170. The van der Waals surface area contributed by atoms with Gasteiger partial charge >= 0.3 is 5.97 Å². The van der Waals surface area contributed by atoms with Crippen molar-refractivity contribution in [1.29, 1.82) is 0 Å². The van der Waals surface area contributed by atoms with Crippen molar-refractivity contribution >= 4 is 32.9 Å². The van der Waals surface area contributed by atoms with Crippen molar-refractivity contribution in [3.05, 3.63) is 86.4 Å². The zero-order valence-corrected chi connectivity index (χ0v) is 23.8. The minimum atomic E-state index is -0.825. The molecule has 0 radical (unpaired) electrons. The van der Waals surface area contributed by atoms with Crippen molar-refractivity contribution in [3.8, 4) is 5.75 Å². The van der Waals surface area contributed by atoms with E-state index in [1.54, 1.807) is 4.68 Å². The minimum absolute atomic E-state index is 0.00677. The standard InChI is InChI=1S/C30H33BrN4O3/c1-5-24-17-35(15-21-8-9-23(31)13-28(21)38-24)16-22-12-20(7-6-18(22)2)26(14-29(36)37)25-10-11-27-30(19(25)3)32-33-34(27)4/h6-13,24,26H,5,14-17H2,1-4H3,(H,36,37). The number of ether oxygens (including phenoxy) is 1. The number of aromatic nitrogens is 3. The van der Waals surface area contributed by atoms with Crippen molar-refractivity contribution in [2.24, 2.45) is 7.05 Å². The first-order chi connectivity index (χ1) is 18.2. The quantitative estimate of drug-likeness (QED) is 0.285. The van der Waals surface area contributed by atoms with Gasteiger partial charge in [-0.05, 0) is 66.3 Å². The maximum absolute atomic E-state index is 12.0. The van der Waals surface area contributed by atoms with Gasteiger partial charge in [0.2, 0.25) is 0 Å². The highest BCUT2D eigenvalue weighted by Gasteiger charge is 2.25. The molecule has 38 heavy (non-hydrogen) atoms. The van der Waals surface area contributed by atoms with Gasteiger partial charge in [0.1, 0.15) is 17.4 Å². The number of fused-ring (bicyclic) bond motifs is 2. The SMILES string of the molecule is CCC1CN(Cc2cc(C(CC(=O)O)c3ccc4c(nnn4C)c3C)ccc2C)Cc2ccc(Br)cc2O1. The molecule has 0 saturated carbocycles. The highest BCUT2D eigenvalue weighted by Crippen LogP contribution is 2.35. The Labute approximate surface area is 231 Å². The molecular formula is C30H33BrN4O3. The zero-order chi connectivity index (χ0) is 27.0. The number of aliphatic carboxylic acids is 1. The van der Waals surface area contributed by atoms with Crippen LogP contribution in [-0.4, -0.2) is 43.6 Å². The van der Waals surface area contributed by atoms with E-state index in [-0.39, 0.29) is 18.4 Å². The summed E-state index contributed by atoms with van der Waals surface area (Å²) in [4.78, 5) is 14.4. The second-order valence-corrected chi connectivity index (χ2v) is 11.2. The molecule has 0 amide bonds. The lowest BCUT2D eigenvalue weighted by atomic mass is 9.84. The predicted molar refractivity (Wildman–Crippen MR) is 151 cm³/mol. The Morgan fingerprint density at radius 1 is 1.18 bits per heavy atom. The number of halogens is 1. The second kappa shape index (κ2) is 10.9. The Bertz CT molecular complexity index is 1500. The highest BCUT2D eigenvalue weighted by molar-refractivity contribution is 9.10. The zero-order valence-electron chi connectivity index (χ0n) is 22.2. The Morgan fingerprint density at radius 2 is 2.00 bits per heavy atom. The number of carboxylic acids is 1. The average Bonchev–Trinajstić information content (AvgIpc) is 3.17. The monoisotopic (exact) mass is 576 g/mol. The lowest BCUT2D eigenvalue weighted by Crippen LogP contribution is -2.32. The van der Waals surface area contributed by atoms with E-state index in [2.05, 4.69) is 81.4 Å². The molecule has 0 aliphatic carbocycles. The van der Waals surface area contributed by atoms with E-state index in [9.17, 15) is 9.90 Å². The van der Waals surface area contributed by atoms with Crippen LogP contribution in [0.15, 0.2) is 53.0 Å². The number of hydrogen-bond acceptors (Lipinski definition) is 5. The second-order valence-electron chi connectivity index (χ2n) is 10.3. The van der Waals surface area contributed by atoms with Crippen LogP contribution in [0.25, 0.3) is 11.0 Å². The first-order valence-electron chi connectivity index (χ1n) is 13.0. The highest BCUT2D eigenvalue weighted by atomic mass is 79.9. The molecule has 3 aromatic carbocycles. The third kappa shape index (κ3) is 5.33. The minimum Gasteiger partial charge on any atom is -0.489 e. The molecule has 2 unspecified atom stereocenters. The van der Waals surface area contributed by atoms with Gasteiger partial charge in [-0.3, -0.25) is 9.69 Å². The number of rotatable bonds is 7. The van der Waals surface area contributed by atoms with E-state index in [4.69, 9.17) is 4.74 Å². The smallest absolute Gasteiger partial charge is 0.304 e. The van der Waals surface area contributed by atoms with Crippen molar-refractivity contribution in [2.75, 3.05) is 6.54 Å². The Kier molecular flexibility index (Phi) is 7.54. The molecule has 7 nitrogen and oxygen atoms in total. The van der Waals surface area contributed by atoms with E-state index in [0.717, 1.165) is 64.0 Å². The van der Waals surface area contributed by atoms with E-state index < -0.39 is 5.97 Å². The topological polar surface area (TPSA) is 80.5 Å². The number of hydrogen-bond donors (Lipinski definition) is 1. The van der Waals surface area contributed by atoms with Crippen molar-refractivity contribution < 1.29 is 14.6 Å². The van der Waals surface area contributed by atoms with Crippen LogP contribution in [0.4, 0.5) is 0 Å². The molecule has 1 aliphatic heterocycles. The lowest BCUT2D eigenvalue weighted by Gasteiger charge is -2.25. The van der Waals surface area contributed by atoms with Gasteiger partial charge in [0, 0.05) is 42.6 Å². The summed E-state index contributed by atoms with van der Waals surface area (Å²) in [5.41, 5.74) is 8.27. The summed E-state index contributed by atoms with van der Waals surface area (Å²) < 4.78 is 9.11. The lowest BCUT2D eigenvalue weighted by molar-refractivity contribution is -0.137. The molecule has 4 aromatic rings. The summed E-state index contributed by atoms with van der Waals surface area (Å²) in [6, 6.07) is 16.6. The molecule has 1 aromatic heterocycles. The van der Waals surface area contributed by atoms with E-state index in [0.29, 0.717) is 0 Å². The van der Waals surface area contributed by atoms with Gasteiger partial charge in [-0.1, -0.05) is 58.4 Å². The number of benzene rings is 3. The summed E-state index contributed by atoms with van der Waals surface area (Å²) in [5, 5.41) is 18.3. The molecule has 2 atom stereocenters. The maximum Gasteiger partial charge on any atom is 0.304 e. The van der Waals surface area contributed by atoms with Crippen LogP contribution in [-0.2, 0) is 24.9 Å². The van der Waals surface area contributed by atoms with Gasteiger partial charge < -0.3 is 9.84 Å². The summed E-state index contributed by atoms with van der Waals surface area (Å²) in [6.07, 6.45) is 1.04.